The number of nitrogens with zero attached hydrogens (tertiary/aromatic N) is 1. The predicted molar refractivity (Wildman–Crippen MR) is 137 cm³/mol. The Morgan fingerprint density at radius 1 is 1.15 bits per heavy atom. The summed E-state index contributed by atoms with van der Waals surface area (Å²) in [4.78, 5) is 1.95. The van der Waals surface area contributed by atoms with Crippen molar-refractivity contribution in [2.75, 3.05) is 24.7 Å². The van der Waals surface area contributed by atoms with E-state index in [2.05, 4.69) is 15.9 Å². The van der Waals surface area contributed by atoms with Gasteiger partial charge in [-0.3, -0.25) is 4.90 Å². The van der Waals surface area contributed by atoms with Gasteiger partial charge in [-0.25, -0.2) is 8.42 Å². The standard InChI is InChI=1S/C24H24BrCl2NO5S/c25-16-1-4-20(5-2-16)32-14-19(29)12-28(18-9-10-34(30,31)15-18)13-21-6-8-24(33-21)22-11-17(26)3-7-23(22)27/h1-8,11,18-19,29H,9-10,12-15H2. The fourth-order valence-electron chi connectivity index (χ4n) is 3.95. The van der Waals surface area contributed by atoms with Crippen LogP contribution in [0.25, 0.3) is 11.3 Å². The van der Waals surface area contributed by atoms with Gasteiger partial charge in [-0.15, -0.1) is 0 Å². The number of hydrogen-bond acceptors (Lipinski definition) is 6. The van der Waals surface area contributed by atoms with E-state index < -0.39 is 15.9 Å². The molecule has 1 saturated heterocycles. The van der Waals surface area contributed by atoms with Gasteiger partial charge in [0.25, 0.3) is 0 Å². The highest BCUT2D eigenvalue weighted by atomic mass is 79.9. The van der Waals surface area contributed by atoms with E-state index in [-0.39, 0.29) is 30.7 Å². The lowest BCUT2D eigenvalue weighted by Gasteiger charge is -2.29. The van der Waals surface area contributed by atoms with Gasteiger partial charge >= 0.3 is 0 Å². The molecule has 6 nitrogen and oxygen atoms in total. The Kier molecular flexibility index (Phi) is 8.28. The van der Waals surface area contributed by atoms with Crippen molar-refractivity contribution < 1.29 is 22.7 Å². The summed E-state index contributed by atoms with van der Waals surface area (Å²) < 4.78 is 36.9. The van der Waals surface area contributed by atoms with Gasteiger partial charge in [-0.1, -0.05) is 39.1 Å². The smallest absolute Gasteiger partial charge is 0.151 e. The molecule has 0 saturated carbocycles. The van der Waals surface area contributed by atoms with E-state index in [0.29, 0.717) is 45.8 Å². The zero-order valence-electron chi connectivity index (χ0n) is 18.2. The topological polar surface area (TPSA) is 80.0 Å². The first-order valence-electron chi connectivity index (χ1n) is 10.7. The van der Waals surface area contributed by atoms with Gasteiger partial charge < -0.3 is 14.3 Å². The van der Waals surface area contributed by atoms with Crippen LogP contribution < -0.4 is 4.74 Å². The molecule has 1 fully saturated rings. The summed E-state index contributed by atoms with van der Waals surface area (Å²) in [5, 5.41) is 11.7. The second-order valence-electron chi connectivity index (χ2n) is 8.30. The molecule has 1 aliphatic heterocycles. The van der Waals surface area contributed by atoms with Crippen molar-refractivity contribution in [3.8, 4) is 17.1 Å². The molecule has 0 aliphatic carbocycles. The third-order valence-corrected chi connectivity index (χ3v) is 8.48. The summed E-state index contributed by atoms with van der Waals surface area (Å²) in [6, 6.07) is 15.9. The summed E-state index contributed by atoms with van der Waals surface area (Å²) in [7, 11) is -3.10. The van der Waals surface area contributed by atoms with Crippen molar-refractivity contribution in [3.63, 3.8) is 0 Å². The molecule has 2 aromatic carbocycles. The number of benzene rings is 2. The number of aliphatic hydroxyl groups excluding tert-OH is 1. The van der Waals surface area contributed by atoms with Gasteiger partial charge in [0.05, 0.1) is 23.1 Å². The molecule has 0 spiro atoms. The Bertz CT molecular complexity index is 1230. The second kappa shape index (κ2) is 11.0. The average molecular weight is 589 g/mol. The lowest BCUT2D eigenvalue weighted by Crippen LogP contribution is -2.42. The average Bonchev–Trinajstić information content (AvgIpc) is 3.40. The summed E-state index contributed by atoms with van der Waals surface area (Å²) in [6.45, 7) is 0.664. The monoisotopic (exact) mass is 587 g/mol. The third kappa shape index (κ3) is 6.77. The van der Waals surface area contributed by atoms with Gasteiger partial charge in [0.15, 0.2) is 9.84 Å². The molecular formula is C24H24BrCl2NO5S. The van der Waals surface area contributed by atoms with Gasteiger partial charge in [0, 0.05) is 27.6 Å². The predicted octanol–water partition coefficient (Wildman–Crippen LogP) is 5.44. The first-order valence-corrected chi connectivity index (χ1v) is 14.1. The first-order chi connectivity index (χ1) is 16.2. The number of halogens is 3. The van der Waals surface area contributed by atoms with Crippen LogP contribution in [0.4, 0.5) is 0 Å². The van der Waals surface area contributed by atoms with Crippen molar-refractivity contribution in [1.82, 2.24) is 4.90 Å². The highest BCUT2D eigenvalue weighted by Crippen LogP contribution is 2.32. The zero-order chi connectivity index (χ0) is 24.3. The Morgan fingerprint density at radius 2 is 1.91 bits per heavy atom. The second-order valence-corrected chi connectivity index (χ2v) is 12.3. The van der Waals surface area contributed by atoms with Crippen LogP contribution in [0, 0.1) is 0 Å². The summed E-state index contributed by atoms with van der Waals surface area (Å²) in [5.41, 5.74) is 0.679. The van der Waals surface area contributed by atoms with Crippen LogP contribution in [0.5, 0.6) is 5.75 Å². The van der Waals surface area contributed by atoms with Crippen molar-refractivity contribution in [3.05, 3.63) is 74.9 Å². The molecule has 1 N–H and O–H groups in total. The molecule has 1 aliphatic rings. The van der Waals surface area contributed by atoms with Gasteiger partial charge in [-0.05, 0) is 61.0 Å². The molecule has 10 heteroatoms. The molecule has 0 radical (unpaired) electrons. The minimum atomic E-state index is -3.10. The molecule has 0 bridgehead atoms. The van der Waals surface area contributed by atoms with Crippen LogP contribution in [-0.4, -0.2) is 55.2 Å². The van der Waals surface area contributed by atoms with E-state index in [9.17, 15) is 13.5 Å². The maximum Gasteiger partial charge on any atom is 0.151 e. The minimum Gasteiger partial charge on any atom is -0.491 e. The van der Waals surface area contributed by atoms with Gasteiger partial charge in [-0.2, -0.15) is 0 Å². The molecule has 1 aromatic heterocycles. The maximum atomic E-state index is 12.1. The van der Waals surface area contributed by atoms with Crippen LogP contribution in [-0.2, 0) is 16.4 Å². The Labute approximate surface area is 217 Å². The van der Waals surface area contributed by atoms with Crippen molar-refractivity contribution in [2.24, 2.45) is 0 Å². The quantitative estimate of drug-likeness (QED) is 0.358. The maximum absolute atomic E-state index is 12.1. The van der Waals surface area contributed by atoms with Crippen LogP contribution in [0.3, 0.4) is 0 Å². The number of furan rings is 1. The number of rotatable bonds is 9. The fourth-order valence-corrected chi connectivity index (χ4v) is 6.36. The number of aliphatic hydroxyl groups is 1. The third-order valence-electron chi connectivity index (χ3n) is 5.64. The highest BCUT2D eigenvalue weighted by molar-refractivity contribution is 9.10. The lowest BCUT2D eigenvalue weighted by atomic mass is 10.2. The van der Waals surface area contributed by atoms with E-state index in [1.54, 1.807) is 18.2 Å². The Hall–Kier alpha value is -1.55. The molecule has 3 aromatic rings. The molecule has 34 heavy (non-hydrogen) atoms. The van der Waals surface area contributed by atoms with Crippen molar-refractivity contribution >= 4 is 49.0 Å². The lowest BCUT2D eigenvalue weighted by molar-refractivity contribution is 0.0498. The van der Waals surface area contributed by atoms with E-state index in [1.807, 2.05) is 41.3 Å². The molecule has 2 heterocycles. The zero-order valence-corrected chi connectivity index (χ0v) is 22.1. The largest absolute Gasteiger partial charge is 0.491 e. The van der Waals surface area contributed by atoms with E-state index in [0.717, 1.165) is 4.47 Å². The minimum absolute atomic E-state index is 0.0565. The SMILES string of the molecule is O=S1(=O)CCC(N(Cc2ccc(-c3cc(Cl)ccc3Cl)o2)CC(O)COc2ccc(Br)cc2)C1. The molecule has 2 unspecified atom stereocenters. The molecule has 182 valence electrons. The highest BCUT2D eigenvalue weighted by Gasteiger charge is 2.33. The fraction of sp³-hybridized carbons (Fsp3) is 0.333. The van der Waals surface area contributed by atoms with E-state index in [1.165, 1.54) is 0 Å². The van der Waals surface area contributed by atoms with Crippen LogP contribution in [0.1, 0.15) is 12.2 Å². The van der Waals surface area contributed by atoms with Crippen molar-refractivity contribution in [2.45, 2.75) is 25.1 Å². The number of ether oxygens (including phenoxy) is 1. The molecular weight excluding hydrogens is 565 g/mol. The van der Waals surface area contributed by atoms with Gasteiger partial charge in [0.1, 0.15) is 30.0 Å². The Balaban J connectivity index is 1.46. The Morgan fingerprint density at radius 3 is 2.62 bits per heavy atom. The first kappa shape index (κ1) is 25.5. The van der Waals surface area contributed by atoms with E-state index in [4.69, 9.17) is 32.4 Å². The van der Waals surface area contributed by atoms with Crippen molar-refractivity contribution in [1.29, 1.82) is 0 Å². The van der Waals surface area contributed by atoms with Crippen LogP contribution in [0.2, 0.25) is 10.0 Å². The molecule has 2 atom stereocenters. The normalized spacial score (nSPS) is 18.3. The molecule has 0 amide bonds. The molecule has 4 rings (SSSR count). The van der Waals surface area contributed by atoms with E-state index >= 15 is 0 Å². The summed E-state index contributed by atoms with van der Waals surface area (Å²) in [6.07, 6.45) is -0.306. The number of hydrogen-bond donors (Lipinski definition) is 1. The summed E-state index contributed by atoms with van der Waals surface area (Å²) >= 11 is 15.8. The van der Waals surface area contributed by atoms with Crippen LogP contribution in [0.15, 0.2) is 63.5 Å². The van der Waals surface area contributed by atoms with Gasteiger partial charge in [0.2, 0.25) is 0 Å². The summed E-state index contributed by atoms with van der Waals surface area (Å²) in [5.74, 6) is 2.05. The number of sulfone groups is 1. The van der Waals surface area contributed by atoms with Crippen LogP contribution >= 0.6 is 39.1 Å².